The molecule has 3 N–H and O–H groups in total. The van der Waals surface area contributed by atoms with Gasteiger partial charge in [-0.05, 0) is 48.9 Å². The van der Waals surface area contributed by atoms with Gasteiger partial charge in [-0.3, -0.25) is 11.3 Å². The van der Waals surface area contributed by atoms with Crippen LogP contribution in [0.25, 0.3) is 0 Å². The van der Waals surface area contributed by atoms with Gasteiger partial charge >= 0.3 is 0 Å². The van der Waals surface area contributed by atoms with Gasteiger partial charge in [-0.15, -0.1) is 0 Å². The first kappa shape index (κ1) is 12.5. The summed E-state index contributed by atoms with van der Waals surface area (Å²) in [6.07, 6.45) is 5.09. The van der Waals surface area contributed by atoms with E-state index in [9.17, 15) is 8.78 Å². The van der Waals surface area contributed by atoms with Crippen LogP contribution in [-0.4, -0.2) is 6.04 Å². The first-order chi connectivity index (χ1) is 8.20. The SMILES string of the molecule is NNC(Cc1cc(F)ccc1F)C1CCCC1. The number of hydrogen-bond donors (Lipinski definition) is 2. The maximum absolute atomic E-state index is 13.5. The molecule has 0 bridgehead atoms. The molecule has 1 atom stereocenters. The van der Waals surface area contributed by atoms with E-state index in [2.05, 4.69) is 5.43 Å². The normalized spacial score (nSPS) is 18.5. The van der Waals surface area contributed by atoms with Crippen molar-refractivity contribution in [2.45, 2.75) is 38.1 Å². The van der Waals surface area contributed by atoms with Crippen LogP contribution in [0.15, 0.2) is 18.2 Å². The number of halogens is 2. The molecule has 0 aromatic heterocycles. The van der Waals surface area contributed by atoms with Crippen LogP contribution in [0.4, 0.5) is 8.78 Å². The molecule has 1 aromatic carbocycles. The van der Waals surface area contributed by atoms with E-state index in [0.29, 0.717) is 17.9 Å². The molecule has 1 unspecified atom stereocenters. The smallest absolute Gasteiger partial charge is 0.126 e. The van der Waals surface area contributed by atoms with E-state index in [1.165, 1.54) is 25.0 Å². The van der Waals surface area contributed by atoms with E-state index in [1.54, 1.807) is 0 Å². The fourth-order valence-corrected chi connectivity index (χ4v) is 2.66. The molecule has 1 saturated carbocycles. The van der Waals surface area contributed by atoms with Crippen LogP contribution >= 0.6 is 0 Å². The molecular formula is C13H18F2N2. The highest BCUT2D eigenvalue weighted by Gasteiger charge is 2.25. The van der Waals surface area contributed by atoms with Crippen molar-refractivity contribution >= 4 is 0 Å². The predicted octanol–water partition coefficient (Wildman–Crippen LogP) is 2.53. The molecule has 17 heavy (non-hydrogen) atoms. The number of rotatable bonds is 4. The lowest BCUT2D eigenvalue weighted by Gasteiger charge is -2.22. The third kappa shape index (κ3) is 3.01. The molecule has 4 heteroatoms. The van der Waals surface area contributed by atoms with Crippen molar-refractivity contribution < 1.29 is 8.78 Å². The summed E-state index contributed by atoms with van der Waals surface area (Å²) in [5.41, 5.74) is 3.15. The van der Waals surface area contributed by atoms with Gasteiger partial charge < -0.3 is 0 Å². The quantitative estimate of drug-likeness (QED) is 0.627. The number of hydrazine groups is 1. The Balaban J connectivity index is 2.09. The Morgan fingerprint density at radius 3 is 2.65 bits per heavy atom. The molecule has 94 valence electrons. The summed E-state index contributed by atoms with van der Waals surface area (Å²) in [6, 6.07) is 3.61. The highest BCUT2D eigenvalue weighted by Crippen LogP contribution is 2.29. The zero-order valence-corrected chi connectivity index (χ0v) is 9.76. The summed E-state index contributed by atoms with van der Waals surface area (Å²) in [4.78, 5) is 0. The summed E-state index contributed by atoms with van der Waals surface area (Å²) in [5.74, 6) is 5.24. The average molecular weight is 240 g/mol. The Labute approximate surface area is 100 Å². The Bertz CT molecular complexity index is 376. The van der Waals surface area contributed by atoms with Crippen molar-refractivity contribution in [3.8, 4) is 0 Å². The van der Waals surface area contributed by atoms with Gasteiger partial charge in [-0.1, -0.05) is 12.8 Å². The third-order valence-corrected chi connectivity index (χ3v) is 3.63. The lowest BCUT2D eigenvalue weighted by atomic mass is 9.92. The standard InChI is InChI=1S/C13H18F2N2/c14-11-5-6-12(15)10(7-11)8-13(17-16)9-3-1-2-4-9/h5-7,9,13,17H,1-4,8,16H2. The van der Waals surface area contributed by atoms with E-state index in [1.807, 2.05) is 0 Å². The first-order valence-corrected chi connectivity index (χ1v) is 6.10. The van der Waals surface area contributed by atoms with Gasteiger partial charge in [0.15, 0.2) is 0 Å². The molecule has 1 aromatic rings. The largest absolute Gasteiger partial charge is 0.271 e. The summed E-state index contributed by atoms with van der Waals surface area (Å²) < 4.78 is 26.6. The van der Waals surface area contributed by atoms with E-state index >= 15 is 0 Å². The van der Waals surface area contributed by atoms with Crippen LogP contribution in [0.1, 0.15) is 31.2 Å². The highest BCUT2D eigenvalue weighted by molar-refractivity contribution is 5.20. The van der Waals surface area contributed by atoms with Crippen molar-refractivity contribution in [3.63, 3.8) is 0 Å². The number of hydrogen-bond acceptors (Lipinski definition) is 2. The van der Waals surface area contributed by atoms with E-state index in [4.69, 9.17) is 5.84 Å². The Morgan fingerprint density at radius 1 is 1.29 bits per heavy atom. The van der Waals surface area contributed by atoms with E-state index < -0.39 is 5.82 Å². The summed E-state index contributed by atoms with van der Waals surface area (Å²) >= 11 is 0. The molecule has 1 aliphatic rings. The molecule has 0 spiro atoms. The van der Waals surface area contributed by atoms with Crippen LogP contribution in [-0.2, 0) is 6.42 Å². The molecule has 0 heterocycles. The van der Waals surface area contributed by atoms with Gasteiger partial charge in [-0.25, -0.2) is 8.78 Å². The molecule has 2 rings (SSSR count). The monoisotopic (exact) mass is 240 g/mol. The molecule has 1 aliphatic carbocycles. The summed E-state index contributed by atoms with van der Waals surface area (Å²) in [6.45, 7) is 0. The number of nitrogens with one attached hydrogen (secondary N) is 1. The van der Waals surface area contributed by atoms with Crippen molar-refractivity contribution in [1.29, 1.82) is 0 Å². The highest BCUT2D eigenvalue weighted by atomic mass is 19.1. The second-order valence-corrected chi connectivity index (χ2v) is 4.76. The van der Waals surface area contributed by atoms with Crippen LogP contribution in [0.5, 0.6) is 0 Å². The number of benzene rings is 1. The van der Waals surface area contributed by atoms with Crippen LogP contribution < -0.4 is 11.3 Å². The summed E-state index contributed by atoms with van der Waals surface area (Å²) in [5, 5.41) is 0. The Morgan fingerprint density at radius 2 is 2.00 bits per heavy atom. The maximum atomic E-state index is 13.5. The Hall–Kier alpha value is -1.00. The minimum absolute atomic E-state index is 0.0359. The molecular weight excluding hydrogens is 222 g/mol. The van der Waals surface area contributed by atoms with Crippen molar-refractivity contribution in [1.82, 2.24) is 5.43 Å². The second-order valence-electron chi connectivity index (χ2n) is 4.76. The number of nitrogens with two attached hydrogens (primary N) is 1. The van der Waals surface area contributed by atoms with Crippen LogP contribution in [0.2, 0.25) is 0 Å². The van der Waals surface area contributed by atoms with E-state index in [0.717, 1.165) is 18.9 Å². The molecule has 0 aliphatic heterocycles. The van der Waals surface area contributed by atoms with Gasteiger partial charge in [-0.2, -0.15) is 0 Å². The Kier molecular flexibility index (Phi) is 4.07. The minimum atomic E-state index is -0.399. The van der Waals surface area contributed by atoms with Crippen LogP contribution in [0.3, 0.4) is 0 Å². The fourth-order valence-electron chi connectivity index (χ4n) is 2.66. The summed E-state index contributed by atoms with van der Waals surface area (Å²) in [7, 11) is 0. The second kappa shape index (κ2) is 5.56. The van der Waals surface area contributed by atoms with Crippen molar-refractivity contribution in [2.75, 3.05) is 0 Å². The predicted molar refractivity (Wildman–Crippen MR) is 63.1 cm³/mol. The van der Waals surface area contributed by atoms with Crippen molar-refractivity contribution in [2.24, 2.45) is 11.8 Å². The third-order valence-electron chi connectivity index (χ3n) is 3.63. The topological polar surface area (TPSA) is 38.0 Å². The molecule has 0 radical (unpaired) electrons. The zero-order valence-electron chi connectivity index (χ0n) is 9.76. The minimum Gasteiger partial charge on any atom is -0.271 e. The van der Waals surface area contributed by atoms with Gasteiger partial charge in [0.25, 0.3) is 0 Å². The molecule has 1 fully saturated rings. The van der Waals surface area contributed by atoms with Gasteiger partial charge in [0.05, 0.1) is 0 Å². The van der Waals surface area contributed by atoms with E-state index in [-0.39, 0.29) is 11.9 Å². The lowest BCUT2D eigenvalue weighted by Crippen LogP contribution is -2.41. The van der Waals surface area contributed by atoms with Gasteiger partial charge in [0.2, 0.25) is 0 Å². The lowest BCUT2D eigenvalue weighted by molar-refractivity contribution is 0.357. The molecule has 0 saturated heterocycles. The van der Waals surface area contributed by atoms with Gasteiger partial charge in [0.1, 0.15) is 11.6 Å². The molecule has 0 amide bonds. The van der Waals surface area contributed by atoms with Crippen molar-refractivity contribution in [3.05, 3.63) is 35.4 Å². The van der Waals surface area contributed by atoms with Crippen LogP contribution in [0, 0.1) is 17.6 Å². The fraction of sp³-hybridized carbons (Fsp3) is 0.538. The maximum Gasteiger partial charge on any atom is 0.126 e. The zero-order chi connectivity index (χ0) is 12.3. The average Bonchev–Trinajstić information content (AvgIpc) is 2.84. The van der Waals surface area contributed by atoms with Gasteiger partial charge in [0, 0.05) is 6.04 Å². The molecule has 2 nitrogen and oxygen atoms in total. The first-order valence-electron chi connectivity index (χ1n) is 6.10.